The average Bonchev–Trinajstić information content (AvgIpc) is 1.67. The maximum Gasteiger partial charge on any atom is 0.352 e. The van der Waals surface area contributed by atoms with Crippen LogP contribution in [0.4, 0.5) is 0 Å². The van der Waals surface area contributed by atoms with Gasteiger partial charge in [-0.25, -0.2) is 4.79 Å². The van der Waals surface area contributed by atoms with Gasteiger partial charge >= 0.3 is 5.97 Å². The number of rotatable bonds is 2. The Morgan fingerprint density at radius 2 is 2.38 bits per heavy atom. The minimum atomic E-state index is -1.22. The highest BCUT2D eigenvalue weighted by molar-refractivity contribution is 5.85. The highest BCUT2D eigenvalue weighted by Gasteiger charge is 1.98. The molecule has 42 valence electrons. The summed E-state index contributed by atoms with van der Waals surface area (Å²) in [6.45, 7) is 3.01. The van der Waals surface area contributed by atoms with E-state index < -0.39 is 5.97 Å². The SMILES string of the molecule is C=C(NC#N)C(=O)O. The number of aliphatic carboxylic acids is 1. The Balaban J connectivity index is 3.71. The Bertz CT molecular complexity index is 156. The highest BCUT2D eigenvalue weighted by Crippen LogP contribution is 1.77. The number of nitrogens with zero attached hydrogens (tertiary/aromatic N) is 1. The van der Waals surface area contributed by atoms with Crippen LogP contribution in [0, 0.1) is 11.5 Å². The van der Waals surface area contributed by atoms with Gasteiger partial charge in [-0.05, 0) is 0 Å². The van der Waals surface area contributed by atoms with E-state index in [1.807, 2.05) is 5.32 Å². The van der Waals surface area contributed by atoms with Gasteiger partial charge in [0, 0.05) is 0 Å². The van der Waals surface area contributed by atoms with Gasteiger partial charge < -0.3 is 5.11 Å². The second-order valence-electron chi connectivity index (χ2n) is 1.02. The van der Waals surface area contributed by atoms with Crippen LogP contribution in [0.15, 0.2) is 12.3 Å². The number of nitriles is 1. The molecular formula is C4H4N2O2. The summed E-state index contributed by atoms with van der Waals surface area (Å²) >= 11 is 0. The highest BCUT2D eigenvalue weighted by atomic mass is 16.4. The summed E-state index contributed by atoms with van der Waals surface area (Å²) in [4.78, 5) is 9.78. The first-order valence-electron chi connectivity index (χ1n) is 1.75. The first-order valence-corrected chi connectivity index (χ1v) is 1.75. The molecule has 0 amide bonds. The lowest BCUT2D eigenvalue weighted by Crippen LogP contribution is -2.12. The van der Waals surface area contributed by atoms with Gasteiger partial charge in [-0.15, -0.1) is 0 Å². The van der Waals surface area contributed by atoms with Gasteiger partial charge in [0.05, 0.1) is 0 Å². The van der Waals surface area contributed by atoms with Crippen molar-refractivity contribution in [3.63, 3.8) is 0 Å². The Kier molecular flexibility index (Phi) is 2.14. The van der Waals surface area contributed by atoms with Crippen molar-refractivity contribution >= 4 is 5.97 Å². The van der Waals surface area contributed by atoms with Crippen LogP contribution in [-0.4, -0.2) is 11.1 Å². The van der Waals surface area contributed by atoms with Crippen LogP contribution >= 0.6 is 0 Å². The van der Waals surface area contributed by atoms with Crippen molar-refractivity contribution < 1.29 is 9.90 Å². The van der Waals surface area contributed by atoms with Crippen LogP contribution < -0.4 is 5.32 Å². The number of nitrogens with one attached hydrogen (secondary N) is 1. The smallest absolute Gasteiger partial charge is 0.352 e. The first-order chi connectivity index (χ1) is 3.68. The maximum atomic E-state index is 9.78. The molecule has 0 atom stereocenters. The molecule has 4 heteroatoms. The predicted octanol–water partition coefficient (Wildman–Crippen LogP) is -0.345. The fourth-order valence-corrected chi connectivity index (χ4v) is 0.121. The van der Waals surface area contributed by atoms with Crippen molar-refractivity contribution in [1.82, 2.24) is 5.32 Å². The minimum Gasteiger partial charge on any atom is -0.477 e. The molecule has 0 fully saturated rings. The van der Waals surface area contributed by atoms with E-state index >= 15 is 0 Å². The number of carbonyl (C=O) groups is 1. The minimum absolute atomic E-state index is 0.312. The molecule has 0 unspecified atom stereocenters. The van der Waals surface area contributed by atoms with Crippen LogP contribution in [0.5, 0.6) is 0 Å². The molecule has 0 bridgehead atoms. The Labute approximate surface area is 46.0 Å². The molecule has 0 radical (unpaired) electrons. The molecule has 0 aliphatic heterocycles. The van der Waals surface area contributed by atoms with Crippen LogP contribution in [0.25, 0.3) is 0 Å². The molecule has 0 aliphatic carbocycles. The van der Waals surface area contributed by atoms with Crippen molar-refractivity contribution in [3.8, 4) is 6.19 Å². The van der Waals surface area contributed by atoms with Crippen molar-refractivity contribution in [1.29, 1.82) is 5.26 Å². The summed E-state index contributed by atoms with van der Waals surface area (Å²) < 4.78 is 0. The van der Waals surface area contributed by atoms with Crippen LogP contribution in [-0.2, 0) is 4.79 Å². The molecule has 0 aliphatic rings. The summed E-state index contributed by atoms with van der Waals surface area (Å²) in [5.41, 5.74) is -0.312. The van der Waals surface area contributed by atoms with E-state index in [1.165, 1.54) is 6.19 Å². The third kappa shape index (κ3) is 1.82. The van der Waals surface area contributed by atoms with Gasteiger partial charge in [0.2, 0.25) is 0 Å². The molecule has 0 spiro atoms. The molecule has 0 saturated heterocycles. The maximum absolute atomic E-state index is 9.78. The second kappa shape index (κ2) is 2.64. The zero-order valence-electron chi connectivity index (χ0n) is 4.01. The fraction of sp³-hybridized carbons (Fsp3) is 0. The molecule has 4 nitrogen and oxygen atoms in total. The molecule has 2 N–H and O–H groups in total. The van der Waals surface area contributed by atoms with E-state index in [9.17, 15) is 4.79 Å². The molecule has 0 aromatic rings. The van der Waals surface area contributed by atoms with Crippen LogP contribution in [0.1, 0.15) is 0 Å². The van der Waals surface area contributed by atoms with Gasteiger partial charge in [0.25, 0.3) is 0 Å². The number of hydrogen-bond acceptors (Lipinski definition) is 3. The van der Waals surface area contributed by atoms with Crippen molar-refractivity contribution in [2.45, 2.75) is 0 Å². The average molecular weight is 112 g/mol. The van der Waals surface area contributed by atoms with Crippen LogP contribution in [0.2, 0.25) is 0 Å². The number of carboxylic acid groups (broad SMARTS) is 1. The van der Waals surface area contributed by atoms with Crippen molar-refractivity contribution in [2.75, 3.05) is 0 Å². The third-order valence-electron chi connectivity index (χ3n) is 0.465. The second-order valence-corrected chi connectivity index (χ2v) is 1.02. The standard InChI is InChI=1S/C4H4N2O2/c1-3(4(7)8)6-2-5/h6H,1H2,(H,7,8). The lowest BCUT2D eigenvalue weighted by molar-refractivity contribution is -0.132. The van der Waals surface area contributed by atoms with Gasteiger partial charge in [0.15, 0.2) is 6.19 Å². The lowest BCUT2D eigenvalue weighted by Gasteiger charge is -1.89. The van der Waals surface area contributed by atoms with Gasteiger partial charge in [-0.1, -0.05) is 6.58 Å². The van der Waals surface area contributed by atoms with Gasteiger partial charge in [-0.3, -0.25) is 5.32 Å². The summed E-state index contributed by atoms with van der Waals surface area (Å²) in [5.74, 6) is -1.22. The van der Waals surface area contributed by atoms with E-state index in [4.69, 9.17) is 10.4 Å². The molecule has 0 heterocycles. The summed E-state index contributed by atoms with van der Waals surface area (Å²) in [5, 5.41) is 17.7. The summed E-state index contributed by atoms with van der Waals surface area (Å²) in [6.07, 6.45) is 1.42. The molecule has 0 saturated carbocycles. The van der Waals surface area contributed by atoms with E-state index in [2.05, 4.69) is 6.58 Å². The first kappa shape index (κ1) is 6.50. The quantitative estimate of drug-likeness (QED) is 0.291. The summed E-state index contributed by atoms with van der Waals surface area (Å²) in [7, 11) is 0. The van der Waals surface area contributed by atoms with Crippen molar-refractivity contribution in [2.24, 2.45) is 0 Å². The molecule has 0 aromatic heterocycles. The third-order valence-corrected chi connectivity index (χ3v) is 0.465. The molecule has 8 heavy (non-hydrogen) atoms. The Hall–Kier alpha value is -1.50. The summed E-state index contributed by atoms with van der Waals surface area (Å²) in [6, 6.07) is 0. The molecular weight excluding hydrogens is 108 g/mol. The zero-order chi connectivity index (χ0) is 6.57. The predicted molar refractivity (Wildman–Crippen MR) is 25.5 cm³/mol. The van der Waals surface area contributed by atoms with E-state index in [0.717, 1.165) is 0 Å². The molecule has 0 aromatic carbocycles. The Morgan fingerprint density at radius 3 is 2.50 bits per heavy atom. The monoisotopic (exact) mass is 112 g/mol. The van der Waals surface area contributed by atoms with E-state index in [-0.39, 0.29) is 5.70 Å². The van der Waals surface area contributed by atoms with E-state index in [1.54, 1.807) is 0 Å². The van der Waals surface area contributed by atoms with Gasteiger partial charge in [0.1, 0.15) is 5.70 Å². The topological polar surface area (TPSA) is 73.1 Å². The van der Waals surface area contributed by atoms with Gasteiger partial charge in [-0.2, -0.15) is 5.26 Å². The number of carboxylic acids is 1. The Morgan fingerprint density at radius 1 is 1.88 bits per heavy atom. The van der Waals surface area contributed by atoms with Crippen molar-refractivity contribution in [3.05, 3.63) is 12.3 Å². The lowest BCUT2D eigenvalue weighted by atomic mass is 10.5. The largest absolute Gasteiger partial charge is 0.477 e. The van der Waals surface area contributed by atoms with Crippen LogP contribution in [0.3, 0.4) is 0 Å². The fourth-order valence-electron chi connectivity index (χ4n) is 0.121. The normalized spacial score (nSPS) is 6.88. The number of hydrogen-bond donors (Lipinski definition) is 2. The van der Waals surface area contributed by atoms with E-state index in [0.29, 0.717) is 0 Å². The molecule has 0 rings (SSSR count). The zero-order valence-corrected chi connectivity index (χ0v) is 4.01.